The summed E-state index contributed by atoms with van der Waals surface area (Å²) in [6.07, 6.45) is 2.94. The third-order valence-corrected chi connectivity index (χ3v) is 2.39. The lowest BCUT2D eigenvalue weighted by atomic mass is 9.96. The van der Waals surface area contributed by atoms with Crippen molar-refractivity contribution in [1.29, 1.82) is 0 Å². The van der Waals surface area contributed by atoms with Gasteiger partial charge in [-0.1, -0.05) is 25.5 Å². The second-order valence-electron chi connectivity index (χ2n) is 3.67. The molecule has 0 aromatic heterocycles. The van der Waals surface area contributed by atoms with Crippen LogP contribution in [0.5, 0.6) is 0 Å². The molecule has 0 radical (unpaired) electrons. The number of rotatable bonds is 5. The van der Waals surface area contributed by atoms with Gasteiger partial charge in [-0.25, -0.2) is 4.39 Å². The molecule has 78 valence electrons. The lowest BCUT2D eigenvalue weighted by molar-refractivity contribution is 0.217. The zero-order chi connectivity index (χ0) is 10.4. The minimum atomic E-state index is -0.204. The summed E-state index contributed by atoms with van der Waals surface area (Å²) in [6, 6.07) is 6.51. The largest absolute Gasteiger partial charge is 0.396 e. The molecule has 0 saturated heterocycles. The Balaban J connectivity index is 2.53. The van der Waals surface area contributed by atoms with Gasteiger partial charge in [0.15, 0.2) is 0 Å². The number of aliphatic hydroxyl groups is 1. The molecule has 1 nitrogen and oxygen atoms in total. The number of aliphatic hydroxyl groups excluding tert-OH is 1. The molecular weight excluding hydrogens is 179 g/mol. The molecule has 1 rings (SSSR count). The fourth-order valence-corrected chi connectivity index (χ4v) is 1.62. The van der Waals surface area contributed by atoms with Crippen LogP contribution >= 0.6 is 0 Å². The van der Waals surface area contributed by atoms with Gasteiger partial charge in [-0.2, -0.15) is 0 Å². The second-order valence-corrected chi connectivity index (χ2v) is 3.67. The van der Waals surface area contributed by atoms with Gasteiger partial charge in [-0.05, 0) is 36.5 Å². The van der Waals surface area contributed by atoms with Crippen LogP contribution in [-0.2, 0) is 6.42 Å². The molecule has 0 spiro atoms. The lowest BCUT2D eigenvalue weighted by Gasteiger charge is -2.12. The maximum atomic E-state index is 12.6. The van der Waals surface area contributed by atoms with Gasteiger partial charge in [-0.3, -0.25) is 0 Å². The van der Waals surface area contributed by atoms with Gasteiger partial charge in [0.2, 0.25) is 0 Å². The molecule has 1 atom stereocenters. The predicted molar refractivity (Wildman–Crippen MR) is 55.6 cm³/mol. The van der Waals surface area contributed by atoms with Gasteiger partial charge in [0.1, 0.15) is 5.82 Å². The molecule has 0 fully saturated rings. The standard InChI is InChI=1S/C12H17FO/c1-2-3-11(9-14)8-10-4-6-12(13)7-5-10/h4-7,11,14H,2-3,8-9H2,1H3. The molecule has 1 unspecified atom stereocenters. The third kappa shape index (κ3) is 3.46. The molecule has 0 aliphatic heterocycles. The van der Waals surface area contributed by atoms with E-state index in [4.69, 9.17) is 5.11 Å². The van der Waals surface area contributed by atoms with Crippen LogP contribution in [0.3, 0.4) is 0 Å². The van der Waals surface area contributed by atoms with Crippen molar-refractivity contribution in [3.05, 3.63) is 35.6 Å². The van der Waals surface area contributed by atoms with E-state index >= 15 is 0 Å². The van der Waals surface area contributed by atoms with Gasteiger partial charge >= 0.3 is 0 Å². The summed E-state index contributed by atoms with van der Waals surface area (Å²) < 4.78 is 12.6. The summed E-state index contributed by atoms with van der Waals surface area (Å²) in [4.78, 5) is 0. The Hall–Kier alpha value is -0.890. The zero-order valence-electron chi connectivity index (χ0n) is 8.54. The van der Waals surface area contributed by atoms with Crippen molar-refractivity contribution in [2.24, 2.45) is 5.92 Å². The maximum absolute atomic E-state index is 12.6. The highest BCUT2D eigenvalue weighted by molar-refractivity contribution is 5.16. The van der Waals surface area contributed by atoms with E-state index in [1.807, 2.05) is 0 Å². The summed E-state index contributed by atoms with van der Waals surface area (Å²) in [6.45, 7) is 2.32. The second kappa shape index (κ2) is 5.76. The first-order valence-corrected chi connectivity index (χ1v) is 5.11. The van der Waals surface area contributed by atoms with Crippen molar-refractivity contribution in [3.63, 3.8) is 0 Å². The van der Waals surface area contributed by atoms with Crippen molar-refractivity contribution in [1.82, 2.24) is 0 Å². The van der Waals surface area contributed by atoms with Crippen molar-refractivity contribution < 1.29 is 9.50 Å². The first-order chi connectivity index (χ1) is 6.76. The quantitative estimate of drug-likeness (QED) is 0.767. The normalized spacial score (nSPS) is 12.8. The Morgan fingerprint density at radius 2 is 1.93 bits per heavy atom. The molecular formula is C12H17FO. The summed E-state index contributed by atoms with van der Waals surface area (Å²) in [5, 5.41) is 9.10. The van der Waals surface area contributed by atoms with Crippen LogP contribution in [0, 0.1) is 11.7 Å². The van der Waals surface area contributed by atoms with E-state index in [0.717, 1.165) is 24.8 Å². The highest BCUT2D eigenvalue weighted by Crippen LogP contribution is 2.14. The van der Waals surface area contributed by atoms with Crippen LogP contribution in [0.4, 0.5) is 4.39 Å². The first kappa shape index (κ1) is 11.2. The summed E-state index contributed by atoms with van der Waals surface area (Å²) in [7, 11) is 0. The van der Waals surface area contributed by atoms with Crippen LogP contribution in [-0.4, -0.2) is 11.7 Å². The molecule has 0 aliphatic rings. The van der Waals surface area contributed by atoms with Crippen LogP contribution in [0.15, 0.2) is 24.3 Å². The summed E-state index contributed by atoms with van der Waals surface area (Å²) in [5.41, 5.74) is 1.10. The highest BCUT2D eigenvalue weighted by atomic mass is 19.1. The predicted octanol–water partition coefficient (Wildman–Crippen LogP) is 2.78. The van der Waals surface area contributed by atoms with E-state index in [-0.39, 0.29) is 12.4 Å². The van der Waals surface area contributed by atoms with Gasteiger partial charge in [0, 0.05) is 6.61 Å². The van der Waals surface area contributed by atoms with Crippen molar-refractivity contribution in [2.45, 2.75) is 26.2 Å². The minimum absolute atomic E-state index is 0.204. The summed E-state index contributed by atoms with van der Waals surface area (Å²) >= 11 is 0. The molecule has 0 heterocycles. The number of benzene rings is 1. The Morgan fingerprint density at radius 3 is 2.43 bits per heavy atom. The van der Waals surface area contributed by atoms with Crippen LogP contribution in [0.1, 0.15) is 25.3 Å². The van der Waals surface area contributed by atoms with Gasteiger partial charge in [-0.15, -0.1) is 0 Å². The number of hydrogen-bond donors (Lipinski definition) is 1. The van der Waals surface area contributed by atoms with E-state index in [2.05, 4.69) is 6.92 Å². The first-order valence-electron chi connectivity index (χ1n) is 5.11. The Bertz CT molecular complexity index is 256. The fraction of sp³-hybridized carbons (Fsp3) is 0.500. The Labute approximate surface area is 84.6 Å². The van der Waals surface area contributed by atoms with Crippen LogP contribution < -0.4 is 0 Å². The summed E-state index contributed by atoms with van der Waals surface area (Å²) in [5.74, 6) is 0.107. The van der Waals surface area contributed by atoms with Gasteiger partial charge < -0.3 is 5.11 Å². The Kier molecular flexibility index (Phi) is 4.60. The highest BCUT2D eigenvalue weighted by Gasteiger charge is 2.07. The van der Waals surface area contributed by atoms with Gasteiger partial charge in [0.25, 0.3) is 0 Å². The monoisotopic (exact) mass is 196 g/mol. The molecule has 0 saturated carbocycles. The Morgan fingerprint density at radius 1 is 1.29 bits per heavy atom. The molecule has 1 N–H and O–H groups in total. The molecule has 0 amide bonds. The lowest BCUT2D eigenvalue weighted by Crippen LogP contribution is -2.09. The van der Waals surface area contributed by atoms with E-state index in [9.17, 15) is 4.39 Å². The molecule has 1 aromatic carbocycles. The third-order valence-electron chi connectivity index (χ3n) is 2.39. The SMILES string of the molecule is CCCC(CO)Cc1ccc(F)cc1. The molecule has 0 aliphatic carbocycles. The van der Waals surface area contributed by atoms with Crippen LogP contribution in [0.2, 0.25) is 0 Å². The van der Waals surface area contributed by atoms with E-state index in [0.29, 0.717) is 5.92 Å². The van der Waals surface area contributed by atoms with Crippen molar-refractivity contribution >= 4 is 0 Å². The van der Waals surface area contributed by atoms with E-state index in [1.54, 1.807) is 12.1 Å². The minimum Gasteiger partial charge on any atom is -0.396 e. The van der Waals surface area contributed by atoms with Gasteiger partial charge in [0.05, 0.1) is 0 Å². The van der Waals surface area contributed by atoms with Crippen LogP contribution in [0.25, 0.3) is 0 Å². The fourth-order valence-electron chi connectivity index (χ4n) is 1.62. The average Bonchev–Trinajstić information content (AvgIpc) is 2.20. The molecule has 0 bridgehead atoms. The van der Waals surface area contributed by atoms with Crippen molar-refractivity contribution in [3.8, 4) is 0 Å². The maximum Gasteiger partial charge on any atom is 0.123 e. The molecule has 14 heavy (non-hydrogen) atoms. The molecule has 1 aromatic rings. The smallest absolute Gasteiger partial charge is 0.123 e. The topological polar surface area (TPSA) is 20.2 Å². The number of halogens is 1. The van der Waals surface area contributed by atoms with Crippen molar-refractivity contribution in [2.75, 3.05) is 6.61 Å². The number of hydrogen-bond acceptors (Lipinski definition) is 1. The zero-order valence-corrected chi connectivity index (χ0v) is 8.54. The van der Waals surface area contributed by atoms with E-state index < -0.39 is 0 Å². The van der Waals surface area contributed by atoms with E-state index in [1.165, 1.54) is 12.1 Å². The molecule has 2 heteroatoms. The average molecular weight is 196 g/mol.